The summed E-state index contributed by atoms with van der Waals surface area (Å²) in [5.41, 5.74) is 0. The molecule has 1 aromatic heterocycles. The predicted octanol–water partition coefficient (Wildman–Crippen LogP) is 3.02. The molecule has 1 fully saturated rings. The Morgan fingerprint density at radius 3 is 2.71 bits per heavy atom. The normalized spacial score (nSPS) is 19.4. The minimum Gasteiger partial charge on any atom is -0.308 e. The Hall–Kier alpha value is -0.380. The Balaban J connectivity index is 1.68. The molecule has 0 aliphatic carbocycles. The van der Waals surface area contributed by atoms with Crippen LogP contribution in [0.4, 0.5) is 0 Å². The summed E-state index contributed by atoms with van der Waals surface area (Å²) >= 11 is 1.90. The summed E-state index contributed by atoms with van der Waals surface area (Å²) in [6.07, 6.45) is 4.19. The summed E-state index contributed by atoms with van der Waals surface area (Å²) in [4.78, 5) is 5.46. The van der Waals surface area contributed by atoms with Crippen molar-refractivity contribution in [2.45, 2.75) is 45.7 Å². The van der Waals surface area contributed by atoms with Gasteiger partial charge in [0.05, 0.1) is 0 Å². The average molecular weight is 252 g/mol. The van der Waals surface area contributed by atoms with Gasteiger partial charge in [-0.15, -0.1) is 11.3 Å². The third-order valence-electron chi connectivity index (χ3n) is 3.40. The highest BCUT2D eigenvalue weighted by Crippen LogP contribution is 2.15. The van der Waals surface area contributed by atoms with Gasteiger partial charge in [0.2, 0.25) is 0 Å². The van der Waals surface area contributed by atoms with E-state index in [2.05, 4.69) is 36.2 Å². The van der Waals surface area contributed by atoms with Crippen molar-refractivity contribution < 1.29 is 0 Å². The second-order valence-corrected chi connectivity index (χ2v) is 6.53. The molecule has 2 rings (SSSR count). The molecular formula is C14H24N2S. The monoisotopic (exact) mass is 252 g/mol. The van der Waals surface area contributed by atoms with E-state index < -0.39 is 0 Å². The summed E-state index contributed by atoms with van der Waals surface area (Å²) in [6.45, 7) is 9.28. The lowest BCUT2D eigenvalue weighted by Gasteiger charge is -2.29. The number of piperidine rings is 1. The molecule has 1 unspecified atom stereocenters. The van der Waals surface area contributed by atoms with Crippen molar-refractivity contribution in [3.63, 3.8) is 0 Å². The van der Waals surface area contributed by atoms with E-state index in [-0.39, 0.29) is 0 Å². The molecule has 0 aromatic carbocycles. The molecule has 2 heterocycles. The first-order chi connectivity index (χ1) is 8.24. The quantitative estimate of drug-likeness (QED) is 0.866. The summed E-state index contributed by atoms with van der Waals surface area (Å²) in [7, 11) is 0. The SMILES string of the molecule is Cc1ccc(CNC(C)CN2CCCCC2)s1. The molecule has 0 bridgehead atoms. The molecule has 1 atom stereocenters. The van der Waals surface area contributed by atoms with Gasteiger partial charge < -0.3 is 10.2 Å². The summed E-state index contributed by atoms with van der Waals surface area (Å²) in [6, 6.07) is 5.04. The maximum atomic E-state index is 3.63. The predicted molar refractivity (Wildman–Crippen MR) is 75.6 cm³/mol. The zero-order valence-corrected chi connectivity index (χ0v) is 11.9. The van der Waals surface area contributed by atoms with Crippen LogP contribution in [0.25, 0.3) is 0 Å². The molecule has 0 amide bonds. The van der Waals surface area contributed by atoms with Crippen LogP contribution in [-0.4, -0.2) is 30.6 Å². The van der Waals surface area contributed by atoms with Crippen molar-refractivity contribution in [2.75, 3.05) is 19.6 Å². The van der Waals surface area contributed by atoms with Crippen LogP contribution >= 0.6 is 11.3 Å². The van der Waals surface area contributed by atoms with E-state index in [0.717, 1.165) is 6.54 Å². The first kappa shape index (κ1) is 13.1. The molecule has 3 heteroatoms. The Morgan fingerprint density at radius 2 is 2.06 bits per heavy atom. The number of thiophene rings is 1. The molecule has 17 heavy (non-hydrogen) atoms. The van der Waals surface area contributed by atoms with Gasteiger partial charge in [0.25, 0.3) is 0 Å². The molecule has 1 N–H and O–H groups in total. The lowest BCUT2D eigenvalue weighted by Crippen LogP contribution is -2.41. The van der Waals surface area contributed by atoms with E-state index >= 15 is 0 Å². The van der Waals surface area contributed by atoms with Crippen molar-refractivity contribution in [3.05, 3.63) is 21.9 Å². The molecule has 1 saturated heterocycles. The smallest absolute Gasteiger partial charge is 0.0302 e. The van der Waals surface area contributed by atoms with Gasteiger partial charge in [0, 0.05) is 28.9 Å². The molecule has 2 nitrogen and oxygen atoms in total. The fourth-order valence-corrected chi connectivity index (χ4v) is 3.29. The van der Waals surface area contributed by atoms with Gasteiger partial charge in [-0.3, -0.25) is 0 Å². The highest BCUT2D eigenvalue weighted by molar-refractivity contribution is 7.11. The third kappa shape index (κ3) is 4.41. The fourth-order valence-electron chi connectivity index (χ4n) is 2.45. The minimum absolute atomic E-state index is 0.593. The number of rotatable bonds is 5. The van der Waals surface area contributed by atoms with Gasteiger partial charge >= 0.3 is 0 Å². The van der Waals surface area contributed by atoms with Gasteiger partial charge in [0.15, 0.2) is 0 Å². The first-order valence-electron chi connectivity index (χ1n) is 6.75. The lowest BCUT2D eigenvalue weighted by molar-refractivity contribution is 0.209. The van der Waals surface area contributed by atoms with Gasteiger partial charge in [-0.1, -0.05) is 6.42 Å². The second-order valence-electron chi connectivity index (χ2n) is 5.16. The maximum absolute atomic E-state index is 3.63. The lowest BCUT2D eigenvalue weighted by atomic mass is 10.1. The van der Waals surface area contributed by atoms with Crippen molar-refractivity contribution >= 4 is 11.3 Å². The largest absolute Gasteiger partial charge is 0.308 e. The Labute approximate surface area is 109 Å². The fraction of sp³-hybridized carbons (Fsp3) is 0.714. The van der Waals surface area contributed by atoms with Crippen LogP contribution < -0.4 is 5.32 Å². The first-order valence-corrected chi connectivity index (χ1v) is 7.57. The summed E-state index contributed by atoms with van der Waals surface area (Å²) in [5.74, 6) is 0. The van der Waals surface area contributed by atoms with E-state index in [1.807, 2.05) is 11.3 Å². The number of hydrogen-bond donors (Lipinski definition) is 1. The van der Waals surface area contributed by atoms with E-state index in [0.29, 0.717) is 6.04 Å². The van der Waals surface area contributed by atoms with E-state index in [9.17, 15) is 0 Å². The zero-order chi connectivity index (χ0) is 12.1. The standard InChI is InChI=1S/C14H24N2S/c1-12(11-16-8-4-3-5-9-16)15-10-14-7-6-13(2)17-14/h6-7,12,15H,3-5,8-11H2,1-2H3. The Morgan fingerprint density at radius 1 is 1.29 bits per heavy atom. The van der Waals surface area contributed by atoms with Gasteiger partial charge in [-0.05, 0) is 51.9 Å². The second kappa shape index (κ2) is 6.53. The number of aryl methyl sites for hydroxylation is 1. The average Bonchev–Trinajstić information content (AvgIpc) is 2.74. The Kier molecular flexibility index (Phi) is 5.01. The van der Waals surface area contributed by atoms with Crippen LogP contribution in [0.15, 0.2) is 12.1 Å². The number of nitrogens with one attached hydrogen (secondary N) is 1. The van der Waals surface area contributed by atoms with Crippen LogP contribution in [-0.2, 0) is 6.54 Å². The van der Waals surface area contributed by atoms with Crippen LogP contribution in [0.1, 0.15) is 35.9 Å². The molecule has 0 spiro atoms. The van der Waals surface area contributed by atoms with Crippen LogP contribution in [0.2, 0.25) is 0 Å². The zero-order valence-electron chi connectivity index (χ0n) is 11.0. The topological polar surface area (TPSA) is 15.3 Å². The van der Waals surface area contributed by atoms with Crippen molar-refractivity contribution in [2.24, 2.45) is 0 Å². The van der Waals surface area contributed by atoms with Crippen LogP contribution in [0.5, 0.6) is 0 Å². The molecule has 0 saturated carbocycles. The van der Waals surface area contributed by atoms with Gasteiger partial charge in [0.1, 0.15) is 0 Å². The Bertz CT molecular complexity index is 329. The van der Waals surface area contributed by atoms with Crippen molar-refractivity contribution in [1.82, 2.24) is 10.2 Å². The molecular weight excluding hydrogens is 228 g/mol. The highest BCUT2D eigenvalue weighted by Gasteiger charge is 2.12. The molecule has 1 aliphatic rings. The molecule has 1 aliphatic heterocycles. The number of likely N-dealkylation sites (tertiary alicyclic amines) is 1. The third-order valence-corrected chi connectivity index (χ3v) is 4.40. The highest BCUT2D eigenvalue weighted by atomic mass is 32.1. The van der Waals surface area contributed by atoms with Crippen LogP contribution in [0, 0.1) is 6.92 Å². The summed E-state index contributed by atoms with van der Waals surface area (Å²) in [5, 5.41) is 3.63. The summed E-state index contributed by atoms with van der Waals surface area (Å²) < 4.78 is 0. The molecule has 0 radical (unpaired) electrons. The van der Waals surface area contributed by atoms with E-state index in [1.54, 1.807) is 0 Å². The maximum Gasteiger partial charge on any atom is 0.0302 e. The van der Waals surface area contributed by atoms with Gasteiger partial charge in [-0.25, -0.2) is 0 Å². The molecule has 96 valence electrons. The van der Waals surface area contributed by atoms with E-state index in [1.165, 1.54) is 48.7 Å². The van der Waals surface area contributed by atoms with Crippen molar-refractivity contribution in [3.8, 4) is 0 Å². The van der Waals surface area contributed by atoms with Gasteiger partial charge in [-0.2, -0.15) is 0 Å². The van der Waals surface area contributed by atoms with E-state index in [4.69, 9.17) is 0 Å². The number of nitrogens with zero attached hydrogens (tertiary/aromatic N) is 1. The number of hydrogen-bond acceptors (Lipinski definition) is 3. The molecule has 1 aromatic rings. The van der Waals surface area contributed by atoms with Crippen molar-refractivity contribution in [1.29, 1.82) is 0 Å². The van der Waals surface area contributed by atoms with Crippen LogP contribution in [0.3, 0.4) is 0 Å². The minimum atomic E-state index is 0.593.